The van der Waals surface area contributed by atoms with E-state index in [1.807, 2.05) is 0 Å². The molecule has 0 radical (unpaired) electrons. The number of benzene rings is 1. The van der Waals surface area contributed by atoms with Crippen molar-refractivity contribution in [3.05, 3.63) is 33.9 Å². The van der Waals surface area contributed by atoms with Gasteiger partial charge in [0.05, 0.1) is 17.1 Å². The van der Waals surface area contributed by atoms with Gasteiger partial charge in [0.25, 0.3) is 5.69 Å². The van der Waals surface area contributed by atoms with Crippen LogP contribution in [0.2, 0.25) is 0 Å². The van der Waals surface area contributed by atoms with Gasteiger partial charge in [0.2, 0.25) is 0 Å². The minimum absolute atomic E-state index is 0.00501. The molecule has 1 aromatic rings. The Morgan fingerprint density at radius 1 is 1.35 bits per heavy atom. The number of nitro benzene ring substituents is 1. The van der Waals surface area contributed by atoms with Crippen LogP contribution in [0.4, 0.5) is 20.2 Å². The van der Waals surface area contributed by atoms with Gasteiger partial charge < -0.3 is 5.32 Å². The van der Waals surface area contributed by atoms with Crippen molar-refractivity contribution in [3.8, 4) is 0 Å². The van der Waals surface area contributed by atoms with Crippen LogP contribution in [-0.2, 0) is 0 Å². The third kappa shape index (κ3) is 2.73. The number of hydrogen-bond donors (Lipinski definition) is 1. The van der Waals surface area contributed by atoms with E-state index in [9.17, 15) is 18.9 Å². The summed E-state index contributed by atoms with van der Waals surface area (Å²) < 4.78 is 27.6. The summed E-state index contributed by atoms with van der Waals surface area (Å²) in [5.74, 6) is -0.946. The summed E-state index contributed by atoms with van der Waals surface area (Å²) in [7, 11) is 0. The maximum absolute atomic E-state index is 13.8. The van der Waals surface area contributed by atoms with Gasteiger partial charge in [0.1, 0.15) is 5.69 Å². The van der Waals surface area contributed by atoms with Crippen molar-refractivity contribution in [1.29, 1.82) is 0 Å². The summed E-state index contributed by atoms with van der Waals surface area (Å²) >= 11 is 0. The fraction of sp³-hybridized carbons (Fsp3) is 0.571. The van der Waals surface area contributed by atoms with E-state index in [1.165, 1.54) is 0 Å². The first-order chi connectivity index (χ1) is 9.43. The zero-order valence-electron chi connectivity index (χ0n) is 11.5. The first kappa shape index (κ1) is 14.7. The summed E-state index contributed by atoms with van der Waals surface area (Å²) in [5.41, 5.74) is -0.833. The lowest BCUT2D eigenvalue weighted by molar-refractivity contribution is -0.385. The Morgan fingerprint density at radius 3 is 2.40 bits per heavy atom. The van der Waals surface area contributed by atoms with E-state index in [1.54, 1.807) is 0 Å². The molecule has 1 aliphatic carbocycles. The minimum Gasteiger partial charge on any atom is -0.377 e. The first-order valence-corrected chi connectivity index (χ1v) is 6.84. The van der Waals surface area contributed by atoms with Crippen molar-refractivity contribution in [2.75, 3.05) is 5.32 Å². The molecule has 0 aromatic heterocycles. The highest BCUT2D eigenvalue weighted by Crippen LogP contribution is 2.37. The van der Waals surface area contributed by atoms with E-state index in [4.69, 9.17) is 0 Å². The molecule has 3 atom stereocenters. The molecule has 1 fully saturated rings. The van der Waals surface area contributed by atoms with Crippen LogP contribution in [0.25, 0.3) is 0 Å². The van der Waals surface area contributed by atoms with Gasteiger partial charge in [-0.3, -0.25) is 10.1 Å². The topological polar surface area (TPSA) is 55.2 Å². The summed E-state index contributed by atoms with van der Waals surface area (Å²) in [4.78, 5) is 9.74. The van der Waals surface area contributed by atoms with Crippen LogP contribution in [0.3, 0.4) is 0 Å². The Balaban J connectivity index is 2.20. The van der Waals surface area contributed by atoms with Gasteiger partial charge in [0.15, 0.2) is 11.6 Å². The Hall–Kier alpha value is -1.72. The molecular weight excluding hydrogens is 266 g/mol. The van der Waals surface area contributed by atoms with Crippen LogP contribution >= 0.6 is 0 Å². The molecule has 3 unspecified atom stereocenters. The van der Waals surface area contributed by atoms with E-state index in [-0.39, 0.29) is 11.7 Å². The van der Waals surface area contributed by atoms with E-state index in [0.29, 0.717) is 11.8 Å². The second-order valence-corrected chi connectivity index (χ2v) is 5.40. The predicted octanol–water partition coefficient (Wildman–Crippen LogP) is 4.11. The van der Waals surface area contributed by atoms with E-state index >= 15 is 0 Å². The summed E-state index contributed by atoms with van der Waals surface area (Å²) in [5, 5.41) is 13.4. The van der Waals surface area contributed by atoms with E-state index in [0.717, 1.165) is 31.4 Å². The highest BCUT2D eigenvalue weighted by Gasteiger charge is 2.32. The number of rotatable bonds is 4. The summed E-state index contributed by atoms with van der Waals surface area (Å²) in [6.07, 6.45) is 2.94. The molecular formula is C14H18F2N2O2. The second kappa shape index (κ2) is 5.73. The zero-order chi connectivity index (χ0) is 14.9. The lowest BCUT2D eigenvalue weighted by Crippen LogP contribution is -2.25. The van der Waals surface area contributed by atoms with Crippen LogP contribution in [0.5, 0.6) is 0 Å². The lowest BCUT2D eigenvalue weighted by Gasteiger charge is -2.22. The van der Waals surface area contributed by atoms with Crippen LogP contribution in [-0.4, -0.2) is 11.0 Å². The fourth-order valence-electron chi connectivity index (χ4n) is 3.02. The van der Waals surface area contributed by atoms with Gasteiger partial charge in [-0.25, -0.2) is 8.78 Å². The molecule has 0 saturated heterocycles. The number of nitro groups is 1. The number of hydrogen-bond acceptors (Lipinski definition) is 3. The molecule has 1 N–H and O–H groups in total. The number of anilines is 1. The second-order valence-electron chi connectivity index (χ2n) is 5.40. The quantitative estimate of drug-likeness (QED) is 0.668. The molecule has 110 valence electrons. The molecule has 0 spiro atoms. The normalized spacial score (nSPS) is 25.7. The van der Waals surface area contributed by atoms with Gasteiger partial charge in [-0.1, -0.05) is 20.3 Å². The van der Waals surface area contributed by atoms with Crippen molar-refractivity contribution in [1.82, 2.24) is 0 Å². The van der Waals surface area contributed by atoms with Crippen molar-refractivity contribution in [3.63, 3.8) is 0 Å². The Kier molecular flexibility index (Phi) is 4.20. The van der Waals surface area contributed by atoms with Crippen LogP contribution < -0.4 is 5.32 Å². The van der Waals surface area contributed by atoms with Gasteiger partial charge in [-0.15, -0.1) is 0 Å². The molecule has 1 aliphatic rings. The maximum Gasteiger partial charge on any atom is 0.275 e. The number of halogens is 2. The Bertz CT molecular complexity index is 499. The van der Waals surface area contributed by atoms with Crippen LogP contribution in [0.1, 0.15) is 33.1 Å². The van der Waals surface area contributed by atoms with Crippen molar-refractivity contribution in [2.24, 2.45) is 11.8 Å². The highest BCUT2D eigenvalue weighted by atomic mass is 19.1. The lowest BCUT2D eigenvalue weighted by atomic mass is 9.93. The molecule has 2 rings (SSSR count). The average Bonchev–Trinajstić information content (AvgIpc) is 2.74. The van der Waals surface area contributed by atoms with Crippen LogP contribution in [0, 0.1) is 33.6 Å². The zero-order valence-corrected chi connectivity index (χ0v) is 11.5. The SMILES string of the molecule is CCC1CCC(Nc2c(F)cc([N+](=O)[O-])cc2F)C1C. The van der Waals surface area contributed by atoms with Gasteiger partial charge >= 0.3 is 0 Å². The van der Waals surface area contributed by atoms with Gasteiger partial charge in [0, 0.05) is 6.04 Å². The first-order valence-electron chi connectivity index (χ1n) is 6.84. The molecule has 4 nitrogen and oxygen atoms in total. The van der Waals surface area contributed by atoms with Crippen molar-refractivity contribution < 1.29 is 13.7 Å². The molecule has 1 aromatic carbocycles. The van der Waals surface area contributed by atoms with Gasteiger partial charge in [-0.2, -0.15) is 0 Å². The van der Waals surface area contributed by atoms with E-state index in [2.05, 4.69) is 19.2 Å². The molecule has 0 amide bonds. The Labute approximate surface area is 116 Å². The van der Waals surface area contributed by atoms with E-state index < -0.39 is 22.2 Å². The maximum atomic E-state index is 13.8. The monoisotopic (exact) mass is 284 g/mol. The largest absolute Gasteiger partial charge is 0.377 e. The highest BCUT2D eigenvalue weighted by molar-refractivity contribution is 5.52. The molecule has 0 heterocycles. The van der Waals surface area contributed by atoms with Crippen LogP contribution in [0.15, 0.2) is 12.1 Å². The van der Waals surface area contributed by atoms with Crippen molar-refractivity contribution in [2.45, 2.75) is 39.2 Å². The van der Waals surface area contributed by atoms with Gasteiger partial charge in [-0.05, 0) is 24.7 Å². The number of nitrogens with one attached hydrogen (secondary N) is 1. The average molecular weight is 284 g/mol. The Morgan fingerprint density at radius 2 is 1.95 bits per heavy atom. The smallest absolute Gasteiger partial charge is 0.275 e. The summed E-state index contributed by atoms with van der Waals surface area (Å²) in [6.45, 7) is 4.18. The number of nitrogens with zero attached hydrogens (tertiary/aromatic N) is 1. The third-order valence-corrected chi connectivity index (χ3v) is 4.32. The predicted molar refractivity (Wildman–Crippen MR) is 72.6 cm³/mol. The third-order valence-electron chi connectivity index (χ3n) is 4.32. The number of non-ortho nitro benzene ring substituents is 1. The molecule has 0 bridgehead atoms. The summed E-state index contributed by atoms with van der Waals surface area (Å²) in [6, 6.07) is 1.51. The molecule has 0 aliphatic heterocycles. The standard InChI is InChI=1S/C14H18F2N2O2/c1-3-9-4-5-13(8(9)2)17-14-11(15)6-10(18(19)20)7-12(14)16/h6-9,13,17H,3-5H2,1-2H3. The molecule has 20 heavy (non-hydrogen) atoms. The minimum atomic E-state index is -0.913. The fourth-order valence-corrected chi connectivity index (χ4v) is 3.02. The van der Waals surface area contributed by atoms with Crippen molar-refractivity contribution >= 4 is 11.4 Å². The molecule has 1 saturated carbocycles. The molecule has 6 heteroatoms.